The van der Waals surface area contributed by atoms with Gasteiger partial charge in [-0.1, -0.05) is 0 Å². The highest BCUT2D eigenvalue weighted by Crippen LogP contribution is 2.25. The van der Waals surface area contributed by atoms with Gasteiger partial charge >= 0.3 is 0 Å². The molecule has 130 valence electrons. The van der Waals surface area contributed by atoms with Crippen LogP contribution >= 0.6 is 22.6 Å². The fourth-order valence-corrected chi connectivity index (χ4v) is 2.35. The number of aromatic nitrogens is 1. The smallest absolute Gasteiger partial charge is 0.192 e. The summed E-state index contributed by atoms with van der Waals surface area (Å²) in [6.45, 7) is -0.754. The largest absolute Gasteiger partial charge is 0.394 e. The van der Waals surface area contributed by atoms with Gasteiger partial charge in [-0.25, -0.2) is 13.8 Å². The maximum absolute atomic E-state index is 14.0. The van der Waals surface area contributed by atoms with Crippen molar-refractivity contribution in [2.24, 2.45) is 0 Å². The fraction of sp³-hybridized carbons (Fsp3) is 0.188. The van der Waals surface area contributed by atoms with E-state index < -0.39 is 29.7 Å². The van der Waals surface area contributed by atoms with Crippen LogP contribution in [-0.2, 0) is 4.74 Å². The quantitative estimate of drug-likeness (QED) is 0.376. The van der Waals surface area contributed by atoms with E-state index in [9.17, 15) is 13.6 Å². The molecular weight excluding hydrogens is 447 g/mol. The Balaban J connectivity index is 2.40. The number of ketones is 1. The number of pyridine rings is 1. The van der Waals surface area contributed by atoms with Gasteiger partial charge in [-0.05, 0) is 46.9 Å². The van der Waals surface area contributed by atoms with Crippen LogP contribution in [-0.4, -0.2) is 35.7 Å². The third-order valence-corrected chi connectivity index (χ3v) is 3.71. The van der Waals surface area contributed by atoms with E-state index in [1.54, 1.807) is 12.1 Å². The zero-order chi connectivity index (χ0) is 18.4. The van der Waals surface area contributed by atoms with Crippen molar-refractivity contribution in [1.82, 2.24) is 4.98 Å². The number of Topliss-reactive ketones (excluding diaryl/α,β-unsaturated/α-hetero) is 1. The Hall–Kier alpha value is -2.16. The number of nitriles is 1. The lowest BCUT2D eigenvalue weighted by atomic mass is 10.1. The molecule has 0 radical (unpaired) electrons. The minimum absolute atomic E-state index is 0.0220. The van der Waals surface area contributed by atoms with Crippen LogP contribution in [0.15, 0.2) is 24.3 Å². The van der Waals surface area contributed by atoms with Crippen molar-refractivity contribution in [3.8, 4) is 6.07 Å². The summed E-state index contributed by atoms with van der Waals surface area (Å²) < 4.78 is 33.4. The first-order valence-electron chi connectivity index (χ1n) is 7.00. The number of benzene rings is 1. The number of aliphatic hydroxyl groups is 1. The monoisotopic (exact) mass is 459 g/mol. The molecule has 2 N–H and O–H groups in total. The first kappa shape index (κ1) is 19.2. The average molecular weight is 459 g/mol. The van der Waals surface area contributed by atoms with Crippen LogP contribution in [0.3, 0.4) is 0 Å². The number of hydrogen-bond acceptors (Lipinski definition) is 6. The van der Waals surface area contributed by atoms with E-state index in [0.29, 0.717) is 3.57 Å². The number of carbonyl (C=O) groups is 1. The van der Waals surface area contributed by atoms with Gasteiger partial charge in [0.2, 0.25) is 0 Å². The van der Waals surface area contributed by atoms with Crippen molar-refractivity contribution in [2.75, 3.05) is 25.1 Å². The SMILES string of the molecule is N#Cc1nc(Nc2ccc(I)cc2F)c(C(=O)COCCO)cc1F. The second kappa shape index (κ2) is 8.80. The number of rotatable bonds is 7. The molecule has 1 heterocycles. The third kappa shape index (κ3) is 4.91. The Kier molecular flexibility index (Phi) is 6.74. The van der Waals surface area contributed by atoms with Crippen LogP contribution in [0.1, 0.15) is 16.1 Å². The highest BCUT2D eigenvalue weighted by Gasteiger charge is 2.19. The van der Waals surface area contributed by atoms with E-state index in [4.69, 9.17) is 15.1 Å². The van der Waals surface area contributed by atoms with Crippen LogP contribution in [0.25, 0.3) is 0 Å². The van der Waals surface area contributed by atoms with E-state index in [1.165, 1.54) is 12.1 Å². The normalized spacial score (nSPS) is 10.4. The predicted molar refractivity (Wildman–Crippen MR) is 93.5 cm³/mol. The standard InChI is InChI=1S/C16H12F2IN3O3/c17-11-5-9(19)1-2-13(11)21-16-10(15(24)8-25-4-3-23)6-12(18)14(7-20)22-16/h1-2,5-6,23H,3-4,8H2,(H,21,22). The molecule has 0 aliphatic carbocycles. The number of halogens is 3. The van der Waals surface area contributed by atoms with Crippen LogP contribution in [0.5, 0.6) is 0 Å². The van der Waals surface area contributed by atoms with Gasteiger partial charge in [-0.15, -0.1) is 0 Å². The lowest BCUT2D eigenvalue weighted by molar-refractivity contribution is 0.0664. The molecule has 1 aromatic heterocycles. The Morgan fingerprint density at radius 1 is 1.36 bits per heavy atom. The molecule has 0 fully saturated rings. The molecule has 0 saturated carbocycles. The van der Waals surface area contributed by atoms with Crippen molar-refractivity contribution >= 4 is 39.9 Å². The number of hydrogen-bond donors (Lipinski definition) is 2. The molecule has 0 aliphatic rings. The maximum atomic E-state index is 14.0. The summed E-state index contributed by atoms with van der Waals surface area (Å²) in [7, 11) is 0. The zero-order valence-electron chi connectivity index (χ0n) is 12.7. The molecule has 0 aliphatic heterocycles. The van der Waals surface area contributed by atoms with E-state index >= 15 is 0 Å². The lowest BCUT2D eigenvalue weighted by Gasteiger charge is -2.12. The fourth-order valence-electron chi connectivity index (χ4n) is 1.90. The summed E-state index contributed by atoms with van der Waals surface area (Å²) in [4.78, 5) is 15.9. The van der Waals surface area contributed by atoms with Crippen molar-refractivity contribution in [2.45, 2.75) is 0 Å². The summed E-state index contributed by atoms with van der Waals surface area (Å²) in [6, 6.07) is 6.75. The number of nitrogens with one attached hydrogen (secondary N) is 1. The lowest BCUT2D eigenvalue weighted by Crippen LogP contribution is -2.15. The Bertz CT molecular complexity index is 840. The van der Waals surface area contributed by atoms with E-state index in [0.717, 1.165) is 6.07 Å². The Morgan fingerprint density at radius 2 is 2.12 bits per heavy atom. The first-order chi connectivity index (χ1) is 12.0. The van der Waals surface area contributed by atoms with Crippen LogP contribution < -0.4 is 5.32 Å². The van der Waals surface area contributed by atoms with Gasteiger partial charge in [-0.3, -0.25) is 4.79 Å². The van der Waals surface area contributed by atoms with E-state index in [2.05, 4.69) is 10.3 Å². The predicted octanol–water partition coefficient (Wildman–Crippen LogP) is 2.77. The average Bonchev–Trinajstić information content (AvgIpc) is 2.58. The van der Waals surface area contributed by atoms with Gasteiger partial charge in [0.05, 0.1) is 24.5 Å². The van der Waals surface area contributed by atoms with Gasteiger partial charge in [0.1, 0.15) is 24.3 Å². The van der Waals surface area contributed by atoms with Gasteiger partial charge < -0.3 is 15.2 Å². The topological polar surface area (TPSA) is 95.2 Å². The molecule has 2 aromatic rings. The highest BCUT2D eigenvalue weighted by atomic mass is 127. The number of aliphatic hydroxyl groups excluding tert-OH is 1. The molecule has 0 bridgehead atoms. The Morgan fingerprint density at radius 3 is 2.76 bits per heavy atom. The molecule has 0 saturated heterocycles. The summed E-state index contributed by atoms with van der Waals surface area (Å²) >= 11 is 1.94. The first-order valence-corrected chi connectivity index (χ1v) is 8.08. The van der Waals surface area contributed by atoms with Crippen LogP contribution in [0.2, 0.25) is 0 Å². The summed E-state index contributed by atoms with van der Waals surface area (Å²) in [5, 5.41) is 20.2. The van der Waals surface area contributed by atoms with Gasteiger partial charge in [0.15, 0.2) is 17.3 Å². The summed E-state index contributed by atoms with van der Waals surface area (Å²) in [6.07, 6.45) is 0. The minimum Gasteiger partial charge on any atom is -0.394 e. The number of anilines is 2. The zero-order valence-corrected chi connectivity index (χ0v) is 14.9. The molecule has 0 atom stereocenters. The molecule has 2 rings (SSSR count). The van der Waals surface area contributed by atoms with Crippen molar-refractivity contribution < 1.29 is 23.4 Å². The second-order valence-electron chi connectivity index (χ2n) is 4.78. The second-order valence-corrected chi connectivity index (χ2v) is 6.02. The molecule has 25 heavy (non-hydrogen) atoms. The van der Waals surface area contributed by atoms with E-state index in [-0.39, 0.29) is 30.3 Å². The van der Waals surface area contributed by atoms with Crippen LogP contribution in [0, 0.1) is 26.5 Å². The molecule has 6 nitrogen and oxygen atoms in total. The summed E-state index contributed by atoms with van der Waals surface area (Å²) in [5.74, 6) is -2.35. The third-order valence-electron chi connectivity index (χ3n) is 3.04. The van der Waals surface area contributed by atoms with Gasteiger partial charge in [0, 0.05) is 3.57 Å². The van der Waals surface area contributed by atoms with Gasteiger partial charge in [-0.2, -0.15) is 5.26 Å². The van der Waals surface area contributed by atoms with Gasteiger partial charge in [0.25, 0.3) is 0 Å². The summed E-state index contributed by atoms with van der Waals surface area (Å²) in [5.41, 5.74) is -0.692. The van der Waals surface area contributed by atoms with Crippen LogP contribution in [0.4, 0.5) is 20.3 Å². The number of ether oxygens (including phenoxy) is 1. The van der Waals surface area contributed by atoms with Crippen molar-refractivity contribution in [3.05, 3.63) is 50.7 Å². The molecule has 0 unspecified atom stereocenters. The van der Waals surface area contributed by atoms with Crippen molar-refractivity contribution in [3.63, 3.8) is 0 Å². The molecule has 9 heteroatoms. The van der Waals surface area contributed by atoms with Crippen molar-refractivity contribution in [1.29, 1.82) is 5.26 Å². The molecular formula is C16H12F2IN3O3. The minimum atomic E-state index is -0.971. The Labute approximate surface area is 155 Å². The number of nitrogens with zero attached hydrogens (tertiary/aromatic N) is 2. The highest BCUT2D eigenvalue weighted by molar-refractivity contribution is 14.1. The molecule has 0 amide bonds. The molecule has 1 aromatic carbocycles. The maximum Gasteiger partial charge on any atom is 0.192 e. The van der Waals surface area contributed by atoms with E-state index in [1.807, 2.05) is 22.6 Å². The molecule has 0 spiro atoms. The number of carbonyl (C=O) groups excluding carboxylic acids is 1.